The summed E-state index contributed by atoms with van der Waals surface area (Å²) in [6.45, 7) is 10.9. The Morgan fingerprint density at radius 1 is 0.960 bits per heavy atom. The van der Waals surface area contributed by atoms with Crippen molar-refractivity contribution < 1.29 is 9.59 Å². The molecule has 4 aliphatic rings. The van der Waals surface area contributed by atoms with Crippen LogP contribution in [0.2, 0.25) is 0 Å². The van der Waals surface area contributed by atoms with E-state index in [-0.39, 0.29) is 29.8 Å². The van der Waals surface area contributed by atoms with Crippen molar-refractivity contribution >= 4 is 11.8 Å². The second-order valence-corrected chi connectivity index (χ2v) is 16.0. The van der Waals surface area contributed by atoms with Gasteiger partial charge in [-0.2, -0.15) is 0 Å². The van der Waals surface area contributed by atoms with Gasteiger partial charge >= 0.3 is 0 Å². The van der Waals surface area contributed by atoms with Gasteiger partial charge in [0.15, 0.2) is 0 Å². The first-order valence-corrected chi connectivity index (χ1v) is 19.8. The normalized spacial score (nSPS) is 26.3. The molecule has 1 saturated carbocycles. The van der Waals surface area contributed by atoms with Gasteiger partial charge in [-0.1, -0.05) is 44.2 Å². The molecule has 3 unspecified atom stereocenters. The van der Waals surface area contributed by atoms with Crippen molar-refractivity contribution in [2.24, 2.45) is 11.8 Å². The van der Waals surface area contributed by atoms with Crippen molar-refractivity contribution in [3.05, 3.63) is 47.5 Å². The van der Waals surface area contributed by atoms with Crippen LogP contribution in [-0.2, 0) is 9.59 Å². The zero-order valence-electron chi connectivity index (χ0n) is 30.9. The molecular weight excluding hydrogens is 622 g/mol. The molecule has 9 heteroatoms. The second kappa shape index (κ2) is 17.3. The van der Waals surface area contributed by atoms with Gasteiger partial charge in [0.2, 0.25) is 11.8 Å². The Bertz CT molecular complexity index is 1440. The maximum Gasteiger partial charge on any atom is 0.223 e. The molecule has 0 radical (unpaired) electrons. The zero-order chi connectivity index (χ0) is 35.0. The fraction of sp³-hybridized carbons (Fsp3) is 0.707. The smallest absolute Gasteiger partial charge is 0.223 e. The summed E-state index contributed by atoms with van der Waals surface area (Å²) in [5.41, 5.74) is 1.17. The molecule has 1 aromatic carbocycles. The topological polar surface area (TPSA) is 95.4 Å². The lowest BCUT2D eigenvalue weighted by Gasteiger charge is -2.32. The van der Waals surface area contributed by atoms with Crippen molar-refractivity contribution in [2.45, 2.75) is 147 Å². The number of carbonyl (C=O) groups excluding carboxylic acids is 2. The average molecular weight is 684 g/mol. The number of fused-ring (bicyclic) bond motifs is 2. The number of amides is 2. The van der Waals surface area contributed by atoms with Gasteiger partial charge < -0.3 is 20.1 Å². The summed E-state index contributed by atoms with van der Waals surface area (Å²) in [5, 5.41) is 15.7. The highest BCUT2D eigenvalue weighted by atomic mass is 16.2. The number of likely N-dealkylation sites (tertiary alicyclic amines) is 1. The molecule has 6 atom stereocenters. The van der Waals surface area contributed by atoms with E-state index in [1.54, 1.807) is 0 Å². The van der Waals surface area contributed by atoms with E-state index in [0.717, 1.165) is 89.2 Å². The van der Waals surface area contributed by atoms with E-state index >= 15 is 0 Å². The van der Waals surface area contributed by atoms with E-state index in [0.29, 0.717) is 36.4 Å². The van der Waals surface area contributed by atoms with Crippen LogP contribution in [0.3, 0.4) is 0 Å². The van der Waals surface area contributed by atoms with Gasteiger partial charge in [0.05, 0.1) is 12.1 Å². The minimum absolute atomic E-state index is 0.0342. The van der Waals surface area contributed by atoms with E-state index in [2.05, 4.69) is 86.2 Å². The number of unbranched alkanes of at least 4 members (excludes halogenated alkanes) is 2. The van der Waals surface area contributed by atoms with E-state index in [9.17, 15) is 9.59 Å². The average Bonchev–Trinajstić information content (AvgIpc) is 3.92. The minimum Gasteiger partial charge on any atom is -0.353 e. The molecule has 4 fully saturated rings. The lowest BCUT2D eigenvalue weighted by Crippen LogP contribution is -2.38. The third-order valence-electron chi connectivity index (χ3n) is 12.3. The number of nitrogens with zero attached hydrogens (tertiary/aromatic N) is 5. The van der Waals surface area contributed by atoms with Gasteiger partial charge in [-0.25, -0.2) is 0 Å². The maximum absolute atomic E-state index is 13.7. The number of terminal acetylenes is 1. The molecule has 4 heterocycles. The molecule has 2 amide bonds. The molecule has 2 N–H and O–H groups in total. The summed E-state index contributed by atoms with van der Waals surface area (Å²) in [5.74, 6) is 6.04. The van der Waals surface area contributed by atoms with Crippen LogP contribution in [-0.4, -0.2) is 80.7 Å². The number of hydrogen-bond donors (Lipinski definition) is 2. The van der Waals surface area contributed by atoms with Crippen LogP contribution < -0.4 is 10.6 Å². The highest BCUT2D eigenvalue weighted by Crippen LogP contribution is 2.46. The van der Waals surface area contributed by atoms with Crippen LogP contribution in [0.15, 0.2) is 30.3 Å². The summed E-state index contributed by atoms with van der Waals surface area (Å²) in [6.07, 6.45) is 19.3. The Kier molecular flexibility index (Phi) is 12.7. The van der Waals surface area contributed by atoms with Crippen molar-refractivity contribution in [1.29, 1.82) is 0 Å². The molecule has 3 saturated heterocycles. The molecule has 2 aromatic rings. The molecule has 3 aliphatic heterocycles. The molecule has 9 nitrogen and oxygen atoms in total. The minimum atomic E-state index is -0.0602. The Morgan fingerprint density at radius 2 is 1.76 bits per heavy atom. The van der Waals surface area contributed by atoms with Crippen molar-refractivity contribution in [1.82, 2.24) is 35.2 Å². The Morgan fingerprint density at radius 3 is 2.52 bits per heavy atom. The van der Waals surface area contributed by atoms with Crippen molar-refractivity contribution in [3.8, 4) is 12.3 Å². The molecule has 272 valence electrons. The fourth-order valence-corrected chi connectivity index (χ4v) is 9.51. The number of rotatable bonds is 16. The largest absolute Gasteiger partial charge is 0.353 e. The maximum atomic E-state index is 13.7. The zero-order valence-corrected chi connectivity index (χ0v) is 30.9. The van der Waals surface area contributed by atoms with Crippen molar-refractivity contribution in [3.63, 3.8) is 0 Å². The molecule has 50 heavy (non-hydrogen) atoms. The number of nitrogens with one attached hydrogen (secondary N) is 2. The van der Waals surface area contributed by atoms with Crippen LogP contribution in [0.5, 0.6) is 0 Å². The summed E-state index contributed by atoms with van der Waals surface area (Å²) >= 11 is 0. The van der Waals surface area contributed by atoms with E-state index in [1.807, 2.05) is 6.07 Å². The third kappa shape index (κ3) is 8.98. The van der Waals surface area contributed by atoms with E-state index in [1.165, 1.54) is 37.7 Å². The number of benzene rings is 1. The summed E-state index contributed by atoms with van der Waals surface area (Å²) in [6, 6.07) is 12.0. The van der Waals surface area contributed by atoms with E-state index in [4.69, 9.17) is 6.42 Å². The molecule has 0 spiro atoms. The number of hydrogen-bond acceptors (Lipinski definition) is 6. The van der Waals surface area contributed by atoms with Gasteiger partial charge in [0.1, 0.15) is 11.6 Å². The monoisotopic (exact) mass is 683 g/mol. The number of aryl methyl sites for hydroxylation is 1. The van der Waals surface area contributed by atoms with Crippen LogP contribution in [0.1, 0.15) is 139 Å². The van der Waals surface area contributed by atoms with Crippen LogP contribution in [0.25, 0.3) is 0 Å². The van der Waals surface area contributed by atoms with Crippen LogP contribution >= 0.6 is 0 Å². The fourth-order valence-electron chi connectivity index (χ4n) is 9.51. The summed E-state index contributed by atoms with van der Waals surface area (Å²) < 4.78 is 2.42. The lowest BCUT2D eigenvalue weighted by atomic mass is 9.92. The van der Waals surface area contributed by atoms with Gasteiger partial charge in [0, 0.05) is 49.3 Å². The Labute approximate surface area is 300 Å². The molecule has 2 bridgehead atoms. The molecule has 1 aromatic heterocycles. The SMILES string of the molecule is C#CCCCCN1CCC(CCC(=O)N[C@H]2CC[C@@H](C(=O)N[C@@H](CCN3C4CCC3C(n3c(C)nnc3C(C)C)C4)c3ccccc3)C2)CC1. The predicted molar refractivity (Wildman–Crippen MR) is 198 cm³/mol. The highest BCUT2D eigenvalue weighted by molar-refractivity contribution is 5.80. The van der Waals surface area contributed by atoms with Crippen molar-refractivity contribution in [2.75, 3.05) is 26.2 Å². The van der Waals surface area contributed by atoms with Crippen LogP contribution in [0, 0.1) is 31.1 Å². The lowest BCUT2D eigenvalue weighted by molar-refractivity contribution is -0.126. The van der Waals surface area contributed by atoms with Gasteiger partial charge in [-0.15, -0.1) is 22.5 Å². The first kappa shape index (κ1) is 36.6. The number of piperidine rings is 1. The number of aromatic nitrogens is 3. The highest BCUT2D eigenvalue weighted by Gasteiger charge is 2.48. The van der Waals surface area contributed by atoms with E-state index < -0.39 is 0 Å². The molecular formula is C41H61N7O2. The Balaban J connectivity index is 0.960. The van der Waals surface area contributed by atoms with Crippen LogP contribution in [0.4, 0.5) is 0 Å². The first-order valence-electron chi connectivity index (χ1n) is 19.8. The standard InChI is InChI=1S/C41H61N7O2/c1-5-6-7-11-23-46-24-20-31(21-25-46)14-19-39(49)42-34-16-15-33(27-34)41(50)43-36(32-12-9-8-10-13-32)22-26-47-35-17-18-37(47)38(28-35)48-30(4)44-45-40(48)29(2)3/h1,8-10,12-13,29,31,33-38H,6-7,11,14-28H2,2-4H3,(H,42,49)(H,43,50)/t33-,34+,35?,36+,37?,38?/m1/s1. The third-order valence-corrected chi connectivity index (χ3v) is 12.3. The van der Waals surface area contributed by atoms with Gasteiger partial charge in [-0.3, -0.25) is 14.5 Å². The first-order chi connectivity index (χ1) is 24.3. The quantitative estimate of drug-likeness (QED) is 0.159. The molecule has 6 rings (SSSR count). The summed E-state index contributed by atoms with van der Waals surface area (Å²) in [7, 11) is 0. The number of carbonyl (C=O) groups is 2. The van der Waals surface area contributed by atoms with Gasteiger partial charge in [0.25, 0.3) is 0 Å². The van der Waals surface area contributed by atoms with Gasteiger partial charge in [-0.05, 0) is 115 Å². The predicted octanol–water partition coefficient (Wildman–Crippen LogP) is 6.32. The second-order valence-electron chi connectivity index (χ2n) is 16.0. The Hall–Kier alpha value is -3.22. The summed E-state index contributed by atoms with van der Waals surface area (Å²) in [4.78, 5) is 31.9. The molecule has 1 aliphatic carbocycles.